The molecule has 2 nitrogen and oxygen atoms in total. The Labute approximate surface area is 132 Å². The third-order valence-corrected chi connectivity index (χ3v) is 3.70. The molecule has 0 aliphatic rings. The second kappa shape index (κ2) is 6.98. The topological polar surface area (TPSA) is 29.1 Å². The van der Waals surface area contributed by atoms with Crippen LogP contribution in [0.3, 0.4) is 0 Å². The van der Waals surface area contributed by atoms with Crippen LogP contribution in [0.2, 0.25) is 10.0 Å². The van der Waals surface area contributed by atoms with Crippen LogP contribution in [0, 0.1) is 0 Å². The first-order valence-electron chi connectivity index (χ1n) is 6.01. The van der Waals surface area contributed by atoms with Crippen LogP contribution in [0.5, 0.6) is 0 Å². The molecule has 0 aliphatic heterocycles. The van der Waals surface area contributed by atoms with Gasteiger partial charge in [-0.15, -0.1) is 11.6 Å². The van der Waals surface area contributed by atoms with Crippen molar-refractivity contribution >= 4 is 46.4 Å². The van der Waals surface area contributed by atoms with E-state index in [0.717, 1.165) is 17.7 Å². The monoisotopic (exact) mass is 327 g/mol. The van der Waals surface area contributed by atoms with Gasteiger partial charge in [0, 0.05) is 17.1 Å². The van der Waals surface area contributed by atoms with Crippen LogP contribution in [0.4, 0.5) is 5.69 Å². The molecular formula is C15H12Cl3NO. The van der Waals surface area contributed by atoms with E-state index in [1.165, 1.54) is 0 Å². The number of hydrogen-bond donors (Lipinski definition) is 1. The number of rotatable bonds is 4. The minimum Gasteiger partial charge on any atom is -0.322 e. The Morgan fingerprint density at radius 1 is 1.00 bits per heavy atom. The minimum absolute atomic E-state index is 0.228. The second-order valence-corrected chi connectivity index (χ2v) is 5.41. The summed E-state index contributed by atoms with van der Waals surface area (Å²) >= 11 is 17.4. The van der Waals surface area contributed by atoms with Gasteiger partial charge in [0.1, 0.15) is 0 Å². The van der Waals surface area contributed by atoms with Crippen molar-refractivity contribution in [3.63, 3.8) is 0 Å². The lowest BCUT2D eigenvalue weighted by atomic mass is 10.1. The maximum Gasteiger partial charge on any atom is 0.255 e. The average molecular weight is 329 g/mol. The SMILES string of the molecule is O=C(Nc1ccc(CCCl)cc1)c1ccc(Cl)c(Cl)c1. The second-order valence-electron chi connectivity index (χ2n) is 4.22. The normalized spacial score (nSPS) is 10.3. The molecule has 0 unspecified atom stereocenters. The third kappa shape index (κ3) is 3.89. The first-order chi connectivity index (χ1) is 9.60. The van der Waals surface area contributed by atoms with E-state index in [1.807, 2.05) is 24.3 Å². The highest BCUT2D eigenvalue weighted by Crippen LogP contribution is 2.23. The van der Waals surface area contributed by atoms with E-state index in [1.54, 1.807) is 18.2 Å². The Kier molecular flexibility index (Phi) is 5.30. The fourth-order valence-electron chi connectivity index (χ4n) is 1.70. The predicted octanol–water partition coefficient (Wildman–Crippen LogP) is 5.03. The number of hydrogen-bond acceptors (Lipinski definition) is 1. The van der Waals surface area contributed by atoms with Crippen molar-refractivity contribution in [1.82, 2.24) is 0 Å². The number of anilines is 1. The molecule has 5 heteroatoms. The van der Waals surface area contributed by atoms with Gasteiger partial charge in [0.15, 0.2) is 0 Å². The smallest absolute Gasteiger partial charge is 0.255 e. The summed E-state index contributed by atoms with van der Waals surface area (Å²) in [5.41, 5.74) is 2.32. The van der Waals surface area contributed by atoms with Gasteiger partial charge in [-0.1, -0.05) is 35.3 Å². The molecule has 2 aromatic carbocycles. The Hall–Kier alpha value is -1.22. The molecule has 0 saturated carbocycles. The van der Waals surface area contributed by atoms with Crippen molar-refractivity contribution in [3.05, 3.63) is 63.6 Å². The summed E-state index contributed by atoms with van der Waals surface area (Å²) in [6.07, 6.45) is 0.808. The van der Waals surface area contributed by atoms with Gasteiger partial charge in [0.25, 0.3) is 5.91 Å². The van der Waals surface area contributed by atoms with Crippen LogP contribution in [-0.4, -0.2) is 11.8 Å². The number of alkyl halides is 1. The van der Waals surface area contributed by atoms with E-state index in [-0.39, 0.29) is 5.91 Å². The highest BCUT2D eigenvalue weighted by Gasteiger charge is 2.08. The Bertz CT molecular complexity index is 611. The van der Waals surface area contributed by atoms with E-state index >= 15 is 0 Å². The number of amides is 1. The lowest BCUT2D eigenvalue weighted by Crippen LogP contribution is -2.11. The quantitative estimate of drug-likeness (QED) is 0.784. The van der Waals surface area contributed by atoms with Crippen molar-refractivity contribution in [2.24, 2.45) is 0 Å². The Morgan fingerprint density at radius 3 is 2.30 bits per heavy atom. The predicted molar refractivity (Wildman–Crippen MR) is 85.3 cm³/mol. The molecule has 0 fully saturated rings. The minimum atomic E-state index is -0.228. The van der Waals surface area contributed by atoms with Gasteiger partial charge in [-0.2, -0.15) is 0 Å². The third-order valence-electron chi connectivity index (χ3n) is 2.78. The van der Waals surface area contributed by atoms with Crippen LogP contribution in [-0.2, 0) is 6.42 Å². The van der Waals surface area contributed by atoms with Gasteiger partial charge in [0.2, 0.25) is 0 Å². The zero-order valence-corrected chi connectivity index (χ0v) is 12.8. The molecular weight excluding hydrogens is 317 g/mol. The number of benzene rings is 2. The molecule has 2 rings (SSSR count). The van der Waals surface area contributed by atoms with Crippen molar-refractivity contribution in [2.75, 3.05) is 11.2 Å². The maximum absolute atomic E-state index is 12.1. The number of carbonyl (C=O) groups excluding carboxylic acids is 1. The standard InChI is InChI=1S/C15H12Cl3NO/c16-8-7-10-1-4-12(5-2-10)19-15(20)11-3-6-13(17)14(18)9-11/h1-6,9H,7-8H2,(H,19,20). The van der Waals surface area contributed by atoms with Crippen LogP contribution in [0.25, 0.3) is 0 Å². The van der Waals surface area contributed by atoms with Crippen LogP contribution >= 0.6 is 34.8 Å². The van der Waals surface area contributed by atoms with Crippen LogP contribution in [0.1, 0.15) is 15.9 Å². The van der Waals surface area contributed by atoms with Crippen LogP contribution < -0.4 is 5.32 Å². The summed E-state index contributed by atoms with van der Waals surface area (Å²) in [6, 6.07) is 12.3. The molecule has 0 bridgehead atoms. The van der Waals surface area contributed by atoms with Crippen molar-refractivity contribution < 1.29 is 4.79 Å². The molecule has 0 atom stereocenters. The zero-order chi connectivity index (χ0) is 14.5. The van der Waals surface area contributed by atoms with E-state index in [2.05, 4.69) is 5.32 Å². The van der Waals surface area contributed by atoms with Crippen molar-refractivity contribution in [3.8, 4) is 0 Å². The van der Waals surface area contributed by atoms with Gasteiger partial charge in [0.05, 0.1) is 10.0 Å². The van der Waals surface area contributed by atoms with E-state index in [4.69, 9.17) is 34.8 Å². The summed E-state index contributed by atoms with van der Waals surface area (Å²) in [5, 5.41) is 3.58. The number of nitrogens with one attached hydrogen (secondary N) is 1. The molecule has 2 aromatic rings. The van der Waals surface area contributed by atoms with Gasteiger partial charge in [-0.25, -0.2) is 0 Å². The summed E-state index contributed by atoms with van der Waals surface area (Å²) in [4.78, 5) is 12.1. The lowest BCUT2D eigenvalue weighted by molar-refractivity contribution is 0.102. The van der Waals surface area contributed by atoms with Gasteiger partial charge in [-0.3, -0.25) is 4.79 Å². The van der Waals surface area contributed by atoms with Gasteiger partial charge >= 0.3 is 0 Å². The van der Waals surface area contributed by atoms with Crippen LogP contribution in [0.15, 0.2) is 42.5 Å². The summed E-state index contributed by atoms with van der Waals surface area (Å²) < 4.78 is 0. The summed E-state index contributed by atoms with van der Waals surface area (Å²) in [5.74, 6) is 0.350. The Morgan fingerprint density at radius 2 is 1.70 bits per heavy atom. The number of carbonyl (C=O) groups is 1. The number of halogens is 3. The van der Waals surface area contributed by atoms with Gasteiger partial charge in [-0.05, 0) is 42.3 Å². The molecule has 0 aromatic heterocycles. The summed E-state index contributed by atoms with van der Waals surface area (Å²) in [6.45, 7) is 0. The first kappa shape index (κ1) is 15.2. The van der Waals surface area contributed by atoms with E-state index < -0.39 is 0 Å². The fraction of sp³-hybridized carbons (Fsp3) is 0.133. The average Bonchev–Trinajstić information content (AvgIpc) is 2.44. The molecule has 0 saturated heterocycles. The number of aryl methyl sites for hydroxylation is 1. The van der Waals surface area contributed by atoms with E-state index in [9.17, 15) is 4.79 Å². The zero-order valence-electron chi connectivity index (χ0n) is 10.5. The van der Waals surface area contributed by atoms with Gasteiger partial charge < -0.3 is 5.32 Å². The molecule has 0 radical (unpaired) electrons. The first-order valence-corrected chi connectivity index (χ1v) is 7.30. The molecule has 0 heterocycles. The maximum atomic E-state index is 12.1. The molecule has 0 spiro atoms. The molecule has 0 aliphatic carbocycles. The van der Waals surface area contributed by atoms with E-state index in [0.29, 0.717) is 21.5 Å². The fourth-order valence-corrected chi connectivity index (χ4v) is 2.22. The Balaban J connectivity index is 2.08. The van der Waals surface area contributed by atoms with Crippen molar-refractivity contribution in [1.29, 1.82) is 0 Å². The molecule has 104 valence electrons. The summed E-state index contributed by atoms with van der Waals surface area (Å²) in [7, 11) is 0. The molecule has 1 amide bonds. The molecule has 20 heavy (non-hydrogen) atoms. The largest absolute Gasteiger partial charge is 0.322 e. The highest BCUT2D eigenvalue weighted by molar-refractivity contribution is 6.42. The molecule has 1 N–H and O–H groups in total. The van der Waals surface area contributed by atoms with Crippen molar-refractivity contribution in [2.45, 2.75) is 6.42 Å². The highest BCUT2D eigenvalue weighted by atomic mass is 35.5. The lowest BCUT2D eigenvalue weighted by Gasteiger charge is -2.07.